The van der Waals surface area contributed by atoms with Gasteiger partial charge in [-0.05, 0) is 18.7 Å². The van der Waals surface area contributed by atoms with E-state index in [4.69, 9.17) is 0 Å². The van der Waals surface area contributed by atoms with E-state index in [0.717, 1.165) is 29.8 Å². The quantitative estimate of drug-likeness (QED) is 0.885. The molecule has 2 heterocycles. The van der Waals surface area contributed by atoms with E-state index in [9.17, 15) is 0 Å². The minimum Gasteiger partial charge on any atom is -0.368 e. The fraction of sp³-hybridized carbons (Fsp3) is 0.500. The van der Waals surface area contributed by atoms with Crippen LogP contribution in [-0.2, 0) is 7.05 Å². The monoisotopic (exact) mass is 250 g/mol. The molecule has 4 nitrogen and oxygen atoms in total. The number of imidazole rings is 1. The highest BCUT2D eigenvalue weighted by atomic mass is 32.2. The topological polar surface area (TPSA) is 42.7 Å². The van der Waals surface area contributed by atoms with E-state index < -0.39 is 0 Å². The molecule has 2 aromatic rings. The van der Waals surface area contributed by atoms with Crippen molar-refractivity contribution in [3.8, 4) is 0 Å². The van der Waals surface area contributed by atoms with Gasteiger partial charge in [-0.25, -0.2) is 9.97 Å². The molecule has 1 unspecified atom stereocenters. The van der Waals surface area contributed by atoms with E-state index >= 15 is 0 Å². The third kappa shape index (κ3) is 2.72. The standard InChI is InChI=1S/C12H18N4S/c1-9(17-3)4-6-13-12-11-10(5-7-14-12)16(2)8-15-11/h5,7-9H,4,6H2,1-3H3,(H,13,14). The number of thioether (sulfide) groups is 1. The van der Waals surface area contributed by atoms with Gasteiger partial charge in [-0.3, -0.25) is 0 Å². The largest absolute Gasteiger partial charge is 0.368 e. The summed E-state index contributed by atoms with van der Waals surface area (Å²) in [5, 5.41) is 4.04. The molecule has 1 N–H and O–H groups in total. The number of hydrogen-bond donors (Lipinski definition) is 1. The minimum atomic E-state index is 0.672. The molecule has 0 saturated heterocycles. The number of anilines is 1. The summed E-state index contributed by atoms with van der Waals surface area (Å²) in [6, 6.07) is 1.98. The second-order valence-electron chi connectivity index (χ2n) is 4.14. The zero-order valence-electron chi connectivity index (χ0n) is 10.5. The van der Waals surface area contributed by atoms with Gasteiger partial charge >= 0.3 is 0 Å². The normalized spacial score (nSPS) is 12.9. The Bertz CT molecular complexity index is 494. The molecule has 0 saturated carbocycles. The van der Waals surface area contributed by atoms with E-state index in [1.807, 2.05) is 42.0 Å². The molecule has 0 fully saturated rings. The smallest absolute Gasteiger partial charge is 0.154 e. The van der Waals surface area contributed by atoms with Gasteiger partial charge in [-0.1, -0.05) is 6.92 Å². The van der Waals surface area contributed by atoms with Crippen molar-refractivity contribution in [2.75, 3.05) is 18.1 Å². The Morgan fingerprint density at radius 3 is 3.06 bits per heavy atom. The molecule has 0 radical (unpaired) electrons. The molecule has 0 amide bonds. The molecule has 5 heteroatoms. The Morgan fingerprint density at radius 1 is 1.47 bits per heavy atom. The highest BCUT2D eigenvalue weighted by Gasteiger charge is 2.06. The van der Waals surface area contributed by atoms with Gasteiger partial charge in [0.15, 0.2) is 5.82 Å². The van der Waals surface area contributed by atoms with Crippen LogP contribution in [0.5, 0.6) is 0 Å². The predicted octanol–water partition coefficient (Wildman–Crippen LogP) is 2.52. The van der Waals surface area contributed by atoms with E-state index in [1.54, 1.807) is 0 Å². The molecule has 17 heavy (non-hydrogen) atoms. The first-order valence-electron chi connectivity index (χ1n) is 5.75. The molecule has 2 rings (SSSR count). The van der Waals surface area contributed by atoms with Crippen molar-refractivity contribution in [1.29, 1.82) is 0 Å². The first-order chi connectivity index (χ1) is 8.22. The Balaban J connectivity index is 2.08. The Labute approximate surface area is 106 Å². The zero-order chi connectivity index (χ0) is 12.3. The number of aromatic nitrogens is 3. The van der Waals surface area contributed by atoms with Gasteiger partial charge in [-0.2, -0.15) is 11.8 Å². The second kappa shape index (κ2) is 5.40. The van der Waals surface area contributed by atoms with Crippen molar-refractivity contribution < 1.29 is 0 Å². The van der Waals surface area contributed by atoms with E-state index in [0.29, 0.717) is 5.25 Å². The average Bonchev–Trinajstić information content (AvgIpc) is 2.72. The van der Waals surface area contributed by atoms with E-state index in [1.165, 1.54) is 0 Å². The summed E-state index contributed by atoms with van der Waals surface area (Å²) in [5.41, 5.74) is 2.06. The highest BCUT2D eigenvalue weighted by Crippen LogP contribution is 2.18. The first kappa shape index (κ1) is 12.2. The summed E-state index contributed by atoms with van der Waals surface area (Å²) in [5.74, 6) is 0.886. The molecule has 0 aliphatic rings. The highest BCUT2D eigenvalue weighted by molar-refractivity contribution is 7.99. The third-order valence-corrected chi connectivity index (χ3v) is 3.93. The molecular weight excluding hydrogens is 232 g/mol. The molecule has 1 atom stereocenters. The van der Waals surface area contributed by atoms with Crippen molar-refractivity contribution >= 4 is 28.6 Å². The van der Waals surface area contributed by atoms with Gasteiger partial charge in [0.25, 0.3) is 0 Å². The van der Waals surface area contributed by atoms with Gasteiger partial charge in [0.05, 0.1) is 11.8 Å². The van der Waals surface area contributed by atoms with Crippen LogP contribution in [0, 0.1) is 0 Å². The van der Waals surface area contributed by atoms with Crippen LogP contribution in [0.3, 0.4) is 0 Å². The molecule has 0 aliphatic heterocycles. The van der Waals surface area contributed by atoms with E-state index in [-0.39, 0.29) is 0 Å². The number of nitrogens with one attached hydrogen (secondary N) is 1. The number of aryl methyl sites for hydroxylation is 1. The Kier molecular flexibility index (Phi) is 3.89. The maximum atomic E-state index is 4.37. The van der Waals surface area contributed by atoms with Gasteiger partial charge in [0, 0.05) is 25.0 Å². The van der Waals surface area contributed by atoms with Crippen LogP contribution >= 0.6 is 11.8 Å². The Morgan fingerprint density at radius 2 is 2.29 bits per heavy atom. The SMILES string of the molecule is CSC(C)CCNc1nccc2c1ncn2C. The van der Waals surface area contributed by atoms with Crippen LogP contribution in [-0.4, -0.2) is 32.6 Å². The molecule has 0 bridgehead atoms. The number of nitrogens with zero attached hydrogens (tertiary/aromatic N) is 3. The van der Waals surface area contributed by atoms with Gasteiger partial charge in [0.2, 0.25) is 0 Å². The predicted molar refractivity (Wildman–Crippen MR) is 74.6 cm³/mol. The first-order valence-corrected chi connectivity index (χ1v) is 7.04. The fourth-order valence-corrected chi connectivity index (χ4v) is 2.06. The number of pyridine rings is 1. The third-order valence-electron chi connectivity index (χ3n) is 2.89. The Hall–Kier alpha value is -1.23. The molecular formula is C12H18N4S. The van der Waals surface area contributed by atoms with Crippen LogP contribution < -0.4 is 5.32 Å². The lowest BCUT2D eigenvalue weighted by Crippen LogP contribution is -2.09. The lowest BCUT2D eigenvalue weighted by atomic mass is 10.3. The number of hydrogen-bond acceptors (Lipinski definition) is 4. The van der Waals surface area contributed by atoms with Crippen LogP contribution in [0.2, 0.25) is 0 Å². The van der Waals surface area contributed by atoms with E-state index in [2.05, 4.69) is 28.5 Å². The van der Waals surface area contributed by atoms with Crippen LogP contribution in [0.15, 0.2) is 18.6 Å². The zero-order valence-corrected chi connectivity index (χ0v) is 11.3. The molecule has 0 aliphatic carbocycles. The maximum absolute atomic E-state index is 4.37. The minimum absolute atomic E-state index is 0.672. The summed E-state index contributed by atoms with van der Waals surface area (Å²) < 4.78 is 2.01. The van der Waals surface area contributed by atoms with Crippen molar-refractivity contribution in [3.05, 3.63) is 18.6 Å². The second-order valence-corrected chi connectivity index (χ2v) is 5.42. The van der Waals surface area contributed by atoms with Crippen molar-refractivity contribution in [2.24, 2.45) is 7.05 Å². The lowest BCUT2D eigenvalue weighted by molar-refractivity contribution is 0.851. The summed E-state index contributed by atoms with van der Waals surface area (Å²) in [7, 11) is 1.99. The van der Waals surface area contributed by atoms with Gasteiger partial charge in [0.1, 0.15) is 5.52 Å². The summed E-state index contributed by atoms with van der Waals surface area (Å²) in [4.78, 5) is 8.72. The molecule has 0 aromatic carbocycles. The van der Waals surface area contributed by atoms with Crippen LogP contribution in [0.4, 0.5) is 5.82 Å². The molecule has 2 aromatic heterocycles. The summed E-state index contributed by atoms with van der Waals surface area (Å²) >= 11 is 1.89. The van der Waals surface area contributed by atoms with Crippen molar-refractivity contribution in [2.45, 2.75) is 18.6 Å². The number of fused-ring (bicyclic) bond motifs is 1. The lowest BCUT2D eigenvalue weighted by Gasteiger charge is -2.09. The van der Waals surface area contributed by atoms with Gasteiger partial charge in [-0.15, -0.1) is 0 Å². The maximum Gasteiger partial charge on any atom is 0.154 e. The number of rotatable bonds is 5. The fourth-order valence-electron chi connectivity index (χ4n) is 1.70. The van der Waals surface area contributed by atoms with Crippen molar-refractivity contribution in [1.82, 2.24) is 14.5 Å². The molecule has 0 spiro atoms. The van der Waals surface area contributed by atoms with Gasteiger partial charge < -0.3 is 9.88 Å². The van der Waals surface area contributed by atoms with Crippen LogP contribution in [0.25, 0.3) is 11.0 Å². The summed E-state index contributed by atoms with van der Waals surface area (Å²) in [6.45, 7) is 3.17. The average molecular weight is 250 g/mol. The van der Waals surface area contributed by atoms with Crippen LogP contribution in [0.1, 0.15) is 13.3 Å². The summed E-state index contributed by atoms with van der Waals surface area (Å²) in [6.07, 6.45) is 6.92. The molecule has 92 valence electrons. The van der Waals surface area contributed by atoms with Crippen molar-refractivity contribution in [3.63, 3.8) is 0 Å².